The Morgan fingerprint density at radius 1 is 1.21 bits per heavy atom. The Bertz CT molecular complexity index is 1000. The van der Waals surface area contributed by atoms with E-state index in [2.05, 4.69) is 15.6 Å². The van der Waals surface area contributed by atoms with E-state index in [1.165, 1.54) is 16.9 Å². The Kier molecular flexibility index (Phi) is 6.61. The Morgan fingerprint density at radius 3 is 2.68 bits per heavy atom. The van der Waals surface area contributed by atoms with E-state index in [-0.39, 0.29) is 17.6 Å². The van der Waals surface area contributed by atoms with Gasteiger partial charge in [0.25, 0.3) is 5.91 Å². The van der Waals surface area contributed by atoms with Gasteiger partial charge in [0.05, 0.1) is 5.69 Å². The summed E-state index contributed by atoms with van der Waals surface area (Å²) in [4.78, 5) is 16.5. The topological polar surface area (TPSA) is 63.2 Å². The fraction of sp³-hybridized carbons (Fsp3) is 0.150. The molecule has 0 atom stereocenters. The number of anilines is 1. The maximum absolute atomic E-state index is 12.0. The number of amides is 1. The molecule has 0 bridgehead atoms. The van der Waals surface area contributed by atoms with Gasteiger partial charge in [-0.25, -0.2) is 4.98 Å². The largest absolute Gasteiger partial charge is 0.483 e. The lowest BCUT2D eigenvalue weighted by molar-refractivity contribution is -0.121. The van der Waals surface area contributed by atoms with E-state index in [0.717, 1.165) is 16.8 Å². The molecule has 2 aromatic carbocycles. The van der Waals surface area contributed by atoms with Gasteiger partial charge in [-0.3, -0.25) is 10.1 Å². The molecule has 0 fully saturated rings. The molecular formula is C20H18ClN3O2S2. The summed E-state index contributed by atoms with van der Waals surface area (Å²) in [7, 11) is 0. The number of benzene rings is 2. The number of aryl methyl sites for hydroxylation is 2. The van der Waals surface area contributed by atoms with Gasteiger partial charge < -0.3 is 10.1 Å². The van der Waals surface area contributed by atoms with Crippen molar-refractivity contribution in [1.29, 1.82) is 0 Å². The first kappa shape index (κ1) is 20.3. The predicted molar refractivity (Wildman–Crippen MR) is 118 cm³/mol. The van der Waals surface area contributed by atoms with Gasteiger partial charge in [0.1, 0.15) is 5.75 Å². The average molecular weight is 432 g/mol. The Hall–Kier alpha value is -2.48. The molecule has 0 radical (unpaired) electrons. The van der Waals surface area contributed by atoms with E-state index < -0.39 is 0 Å². The Morgan fingerprint density at radius 2 is 1.96 bits per heavy atom. The average Bonchev–Trinajstić information content (AvgIpc) is 3.09. The molecule has 2 N–H and O–H groups in total. The van der Waals surface area contributed by atoms with Gasteiger partial charge in [0, 0.05) is 16.0 Å². The number of thiazole rings is 1. The number of aromatic nitrogens is 1. The van der Waals surface area contributed by atoms with Crippen molar-refractivity contribution < 1.29 is 9.53 Å². The summed E-state index contributed by atoms with van der Waals surface area (Å²) in [5.74, 6) is 0.239. The zero-order chi connectivity index (χ0) is 20.1. The van der Waals surface area contributed by atoms with Crippen molar-refractivity contribution in [2.45, 2.75) is 13.8 Å². The molecule has 1 aromatic heterocycles. The summed E-state index contributed by atoms with van der Waals surface area (Å²) in [6.45, 7) is 3.74. The molecule has 0 unspecified atom stereocenters. The summed E-state index contributed by atoms with van der Waals surface area (Å²) in [5.41, 5.74) is 3.92. The molecule has 1 heterocycles. The quantitative estimate of drug-likeness (QED) is 0.558. The monoisotopic (exact) mass is 431 g/mol. The minimum Gasteiger partial charge on any atom is -0.483 e. The zero-order valence-corrected chi connectivity index (χ0v) is 17.7. The van der Waals surface area contributed by atoms with Crippen LogP contribution in [0.3, 0.4) is 0 Å². The Balaban J connectivity index is 1.51. The number of ether oxygens (including phenoxy) is 1. The molecule has 8 heteroatoms. The van der Waals surface area contributed by atoms with Crippen LogP contribution in [0.4, 0.5) is 5.13 Å². The van der Waals surface area contributed by atoms with Crippen molar-refractivity contribution >= 4 is 51.3 Å². The number of rotatable bonds is 5. The highest BCUT2D eigenvalue weighted by Gasteiger charge is 2.10. The van der Waals surface area contributed by atoms with E-state index in [0.29, 0.717) is 15.9 Å². The van der Waals surface area contributed by atoms with Crippen molar-refractivity contribution in [3.63, 3.8) is 0 Å². The fourth-order valence-corrected chi connectivity index (χ4v) is 3.62. The SMILES string of the molecule is Cc1ccc(-c2csc(NC(=S)NC(=O)COc3ccc(Cl)cc3C)n2)cc1. The van der Waals surface area contributed by atoms with Crippen molar-refractivity contribution in [3.05, 3.63) is 64.0 Å². The molecule has 28 heavy (non-hydrogen) atoms. The summed E-state index contributed by atoms with van der Waals surface area (Å²) in [6.07, 6.45) is 0. The minimum atomic E-state index is -0.359. The minimum absolute atomic E-state index is 0.156. The molecule has 5 nitrogen and oxygen atoms in total. The number of halogens is 1. The number of carbonyl (C=O) groups is 1. The van der Waals surface area contributed by atoms with Crippen molar-refractivity contribution in [3.8, 4) is 17.0 Å². The molecule has 0 aliphatic carbocycles. The van der Waals surface area contributed by atoms with Crippen molar-refractivity contribution in [2.75, 3.05) is 11.9 Å². The maximum Gasteiger partial charge on any atom is 0.264 e. The number of hydrogen-bond donors (Lipinski definition) is 2. The molecule has 3 aromatic rings. The predicted octanol–water partition coefficient (Wildman–Crippen LogP) is 4.97. The summed E-state index contributed by atoms with van der Waals surface area (Å²) in [5, 5.41) is 8.84. The number of thiocarbonyl (C=S) groups is 1. The summed E-state index contributed by atoms with van der Waals surface area (Å²) >= 11 is 12.5. The van der Waals surface area contributed by atoms with E-state index in [9.17, 15) is 4.79 Å². The van der Waals surface area contributed by atoms with Gasteiger partial charge >= 0.3 is 0 Å². The molecular weight excluding hydrogens is 414 g/mol. The van der Waals surface area contributed by atoms with Gasteiger partial charge in [-0.2, -0.15) is 0 Å². The second kappa shape index (κ2) is 9.14. The van der Waals surface area contributed by atoms with Gasteiger partial charge in [0.2, 0.25) is 0 Å². The number of hydrogen-bond acceptors (Lipinski definition) is 5. The highest BCUT2D eigenvalue weighted by atomic mass is 35.5. The molecule has 0 aliphatic heterocycles. The lowest BCUT2D eigenvalue weighted by Crippen LogP contribution is -2.37. The first-order valence-electron chi connectivity index (χ1n) is 8.43. The fourth-order valence-electron chi connectivity index (χ4n) is 2.40. The third kappa shape index (κ3) is 5.51. The van der Waals surface area contributed by atoms with Gasteiger partial charge in [0.15, 0.2) is 16.9 Å². The van der Waals surface area contributed by atoms with Crippen LogP contribution in [0.1, 0.15) is 11.1 Å². The first-order chi connectivity index (χ1) is 13.4. The highest BCUT2D eigenvalue weighted by molar-refractivity contribution is 7.80. The molecule has 0 saturated heterocycles. The second-order valence-corrected chi connectivity index (χ2v) is 7.81. The van der Waals surface area contributed by atoms with Gasteiger partial charge in [-0.15, -0.1) is 11.3 Å². The third-order valence-corrected chi connectivity index (χ3v) is 5.02. The Labute approximate surface area is 177 Å². The molecule has 1 amide bonds. The summed E-state index contributed by atoms with van der Waals surface area (Å²) in [6, 6.07) is 13.3. The molecule has 144 valence electrons. The third-order valence-electron chi connectivity index (χ3n) is 3.82. The van der Waals surface area contributed by atoms with Crippen LogP contribution in [-0.2, 0) is 4.79 Å². The van der Waals surface area contributed by atoms with E-state index in [4.69, 9.17) is 28.6 Å². The highest BCUT2D eigenvalue weighted by Crippen LogP contribution is 2.25. The molecule has 0 saturated carbocycles. The maximum atomic E-state index is 12.0. The normalized spacial score (nSPS) is 10.4. The van der Waals surface area contributed by atoms with Crippen LogP contribution >= 0.6 is 35.2 Å². The van der Waals surface area contributed by atoms with Crippen LogP contribution in [-0.4, -0.2) is 22.6 Å². The van der Waals surface area contributed by atoms with Crippen LogP contribution in [0.5, 0.6) is 5.75 Å². The molecule has 0 aliphatic rings. The first-order valence-corrected chi connectivity index (χ1v) is 10.1. The molecule has 3 rings (SSSR count). The lowest BCUT2D eigenvalue weighted by atomic mass is 10.1. The second-order valence-electron chi connectivity index (χ2n) is 6.10. The van der Waals surface area contributed by atoms with Crippen LogP contribution in [0.25, 0.3) is 11.3 Å². The standard InChI is InChI=1S/C20H18ClN3O2S2/c1-12-3-5-14(6-4-12)16-11-28-20(22-16)24-19(27)23-18(25)10-26-17-8-7-15(21)9-13(17)2/h3-9,11H,10H2,1-2H3,(H2,22,23,24,25,27). The van der Waals surface area contributed by atoms with Crippen molar-refractivity contribution in [2.24, 2.45) is 0 Å². The lowest BCUT2D eigenvalue weighted by Gasteiger charge is -2.10. The van der Waals surface area contributed by atoms with Crippen LogP contribution in [0.15, 0.2) is 47.8 Å². The van der Waals surface area contributed by atoms with Crippen LogP contribution in [0.2, 0.25) is 5.02 Å². The number of nitrogens with zero attached hydrogens (tertiary/aromatic N) is 1. The van der Waals surface area contributed by atoms with E-state index in [1.807, 2.05) is 43.5 Å². The smallest absolute Gasteiger partial charge is 0.264 e. The number of carbonyl (C=O) groups excluding carboxylic acids is 1. The summed E-state index contributed by atoms with van der Waals surface area (Å²) < 4.78 is 5.51. The molecule has 0 spiro atoms. The van der Waals surface area contributed by atoms with Crippen LogP contribution in [0, 0.1) is 13.8 Å². The van der Waals surface area contributed by atoms with Gasteiger partial charge in [-0.1, -0.05) is 41.4 Å². The number of nitrogens with one attached hydrogen (secondary N) is 2. The zero-order valence-electron chi connectivity index (χ0n) is 15.3. The van der Waals surface area contributed by atoms with E-state index in [1.54, 1.807) is 18.2 Å². The van der Waals surface area contributed by atoms with Crippen molar-refractivity contribution in [1.82, 2.24) is 10.3 Å². The van der Waals surface area contributed by atoms with Crippen LogP contribution < -0.4 is 15.4 Å². The van der Waals surface area contributed by atoms with Gasteiger partial charge in [-0.05, 0) is 49.8 Å². The van der Waals surface area contributed by atoms with E-state index >= 15 is 0 Å².